The molecule has 5 heteroatoms. The number of carbonyl (C=O) groups is 2. The number of benzene rings is 3. The van der Waals surface area contributed by atoms with E-state index < -0.39 is 17.3 Å². The van der Waals surface area contributed by atoms with Gasteiger partial charge in [-0.05, 0) is 40.8 Å². The van der Waals surface area contributed by atoms with E-state index in [9.17, 15) is 9.59 Å². The van der Waals surface area contributed by atoms with Gasteiger partial charge >= 0.3 is 0 Å². The molecule has 0 N–H and O–H groups in total. The first kappa shape index (κ1) is 18.0. The van der Waals surface area contributed by atoms with Crippen molar-refractivity contribution in [3.05, 3.63) is 89.0 Å². The average Bonchev–Trinajstić information content (AvgIpc) is 3.41. The molecule has 2 heterocycles. The molecule has 158 valence electrons. The van der Waals surface area contributed by atoms with Gasteiger partial charge < -0.3 is 9.47 Å². The minimum atomic E-state index is -0.509. The van der Waals surface area contributed by atoms with Gasteiger partial charge in [0.25, 0.3) is 0 Å². The van der Waals surface area contributed by atoms with E-state index in [0.29, 0.717) is 17.2 Å². The predicted octanol–water partition coefficient (Wildman–Crippen LogP) is 4.38. The molecule has 0 aromatic heterocycles. The van der Waals surface area contributed by atoms with Crippen molar-refractivity contribution in [2.45, 2.75) is 24.7 Å². The molecule has 2 amide bonds. The Morgan fingerprint density at radius 3 is 2.22 bits per heavy atom. The number of carbonyl (C=O) groups excluding carboxylic acids is 2. The van der Waals surface area contributed by atoms with E-state index in [0.717, 1.165) is 6.42 Å². The van der Waals surface area contributed by atoms with Crippen LogP contribution >= 0.6 is 0 Å². The van der Waals surface area contributed by atoms with Crippen molar-refractivity contribution in [1.82, 2.24) is 0 Å². The summed E-state index contributed by atoms with van der Waals surface area (Å²) in [6, 6.07) is 22.0. The van der Waals surface area contributed by atoms with Crippen molar-refractivity contribution < 1.29 is 19.1 Å². The van der Waals surface area contributed by atoms with Crippen molar-refractivity contribution in [3.63, 3.8) is 0 Å². The fourth-order valence-electron chi connectivity index (χ4n) is 6.81. The van der Waals surface area contributed by atoms with Gasteiger partial charge in [0.05, 0.1) is 17.5 Å². The second kappa shape index (κ2) is 6.00. The number of hydrogen-bond acceptors (Lipinski definition) is 4. The standard InChI is InChI=1S/C27H21NO4/c1-2-27-18-9-5-3-7-16(18)22(17-8-4-6-10-19(17)27)23-24(27)26(30)28(25(23)29)15-11-12-20-21(13-15)32-14-31-20/h3-13,22-24H,2,14H2,1H3/t22?,23-,24+,27?/m0/s1. The molecule has 3 aliphatic carbocycles. The lowest BCUT2D eigenvalue weighted by Crippen LogP contribution is -2.53. The Balaban J connectivity index is 1.47. The Bertz CT molecular complexity index is 1280. The van der Waals surface area contributed by atoms with Crippen molar-refractivity contribution in [1.29, 1.82) is 0 Å². The Kier molecular flexibility index (Phi) is 3.38. The van der Waals surface area contributed by atoms with Gasteiger partial charge in [-0.2, -0.15) is 0 Å². The molecular weight excluding hydrogens is 402 g/mol. The molecule has 2 atom stereocenters. The zero-order valence-electron chi connectivity index (χ0n) is 17.6. The Labute approximate surface area is 185 Å². The number of hydrogen-bond donors (Lipinski definition) is 0. The van der Waals surface area contributed by atoms with Crippen LogP contribution in [0, 0.1) is 11.8 Å². The average molecular weight is 423 g/mol. The Morgan fingerprint density at radius 2 is 1.53 bits per heavy atom. The molecule has 0 saturated carbocycles. The van der Waals surface area contributed by atoms with Crippen LogP contribution in [0.15, 0.2) is 66.7 Å². The third-order valence-corrected chi connectivity index (χ3v) is 7.97. The predicted molar refractivity (Wildman–Crippen MR) is 118 cm³/mol. The maximum atomic E-state index is 14.1. The third kappa shape index (κ3) is 1.91. The van der Waals surface area contributed by atoms with Crippen LogP contribution in [0.3, 0.4) is 0 Å². The lowest BCUT2D eigenvalue weighted by molar-refractivity contribution is -0.123. The summed E-state index contributed by atoms with van der Waals surface area (Å²) in [6.07, 6.45) is 0.753. The highest BCUT2D eigenvalue weighted by molar-refractivity contribution is 6.23. The van der Waals surface area contributed by atoms with Gasteiger partial charge in [0.15, 0.2) is 11.5 Å². The Hall–Kier alpha value is -3.60. The summed E-state index contributed by atoms with van der Waals surface area (Å²) < 4.78 is 10.9. The van der Waals surface area contributed by atoms with Crippen LogP contribution in [0.2, 0.25) is 0 Å². The van der Waals surface area contributed by atoms with E-state index >= 15 is 0 Å². The van der Waals surface area contributed by atoms with Gasteiger partial charge in [-0.25, -0.2) is 4.90 Å². The summed E-state index contributed by atoms with van der Waals surface area (Å²) in [5, 5.41) is 0. The molecule has 3 aromatic rings. The van der Waals surface area contributed by atoms with Gasteiger partial charge in [-0.3, -0.25) is 9.59 Å². The molecule has 0 radical (unpaired) electrons. The lowest BCUT2D eigenvalue weighted by Gasteiger charge is -2.54. The van der Waals surface area contributed by atoms with Gasteiger partial charge in [-0.15, -0.1) is 0 Å². The first-order valence-electron chi connectivity index (χ1n) is 11.1. The van der Waals surface area contributed by atoms with Crippen LogP contribution in [0.25, 0.3) is 0 Å². The quantitative estimate of drug-likeness (QED) is 0.574. The summed E-state index contributed by atoms with van der Waals surface area (Å²) in [6.45, 7) is 2.29. The van der Waals surface area contributed by atoms with Crippen LogP contribution in [0.1, 0.15) is 41.5 Å². The minimum absolute atomic E-state index is 0.115. The SMILES string of the molecule is CCC12c3ccccc3C(c3ccccc31)[C@@H]1C(=O)N(c3ccc4c(c3)OCO4)C(=O)[C@@H]12. The van der Waals surface area contributed by atoms with Gasteiger partial charge in [0.2, 0.25) is 18.6 Å². The topological polar surface area (TPSA) is 55.8 Å². The number of rotatable bonds is 2. The first-order valence-corrected chi connectivity index (χ1v) is 11.1. The molecule has 0 unspecified atom stereocenters. The highest BCUT2D eigenvalue weighted by Crippen LogP contribution is 2.65. The lowest BCUT2D eigenvalue weighted by atomic mass is 9.46. The van der Waals surface area contributed by atoms with Crippen molar-refractivity contribution in [2.24, 2.45) is 11.8 Å². The number of amides is 2. The third-order valence-electron chi connectivity index (χ3n) is 7.97. The molecular formula is C27H21NO4. The van der Waals surface area contributed by atoms with Crippen LogP contribution in [0.5, 0.6) is 11.5 Å². The summed E-state index contributed by atoms with van der Waals surface area (Å²) in [4.78, 5) is 29.4. The van der Waals surface area contributed by atoms with E-state index in [2.05, 4.69) is 31.2 Å². The highest BCUT2D eigenvalue weighted by atomic mass is 16.7. The molecule has 2 aliphatic heterocycles. The van der Waals surface area contributed by atoms with Crippen LogP contribution < -0.4 is 14.4 Å². The van der Waals surface area contributed by atoms with Gasteiger partial charge in [-0.1, -0.05) is 55.5 Å². The zero-order valence-corrected chi connectivity index (χ0v) is 17.6. The fourth-order valence-corrected chi connectivity index (χ4v) is 6.81. The van der Waals surface area contributed by atoms with E-state index in [-0.39, 0.29) is 24.5 Å². The summed E-state index contributed by atoms with van der Waals surface area (Å²) in [5.74, 6) is 0.0301. The highest BCUT2D eigenvalue weighted by Gasteiger charge is 2.67. The van der Waals surface area contributed by atoms with Crippen LogP contribution in [0.4, 0.5) is 5.69 Å². The summed E-state index contributed by atoms with van der Waals surface area (Å²) in [7, 11) is 0. The maximum absolute atomic E-state index is 14.1. The van der Waals surface area contributed by atoms with E-state index in [1.54, 1.807) is 18.2 Å². The molecule has 2 bridgehead atoms. The van der Waals surface area contributed by atoms with E-state index in [4.69, 9.17) is 9.47 Å². The minimum Gasteiger partial charge on any atom is -0.454 e. The van der Waals surface area contributed by atoms with Crippen molar-refractivity contribution >= 4 is 17.5 Å². The first-order chi connectivity index (χ1) is 15.7. The number of ether oxygens (including phenoxy) is 2. The molecule has 1 fully saturated rings. The number of nitrogens with zero attached hydrogens (tertiary/aromatic N) is 1. The van der Waals surface area contributed by atoms with Gasteiger partial charge in [0.1, 0.15) is 0 Å². The van der Waals surface area contributed by atoms with E-state index in [1.807, 2.05) is 24.3 Å². The molecule has 1 saturated heterocycles. The monoisotopic (exact) mass is 423 g/mol. The number of imide groups is 1. The van der Waals surface area contributed by atoms with Crippen molar-refractivity contribution in [2.75, 3.05) is 11.7 Å². The van der Waals surface area contributed by atoms with E-state index in [1.165, 1.54) is 27.2 Å². The second-order valence-electron chi connectivity index (χ2n) is 9.03. The maximum Gasteiger partial charge on any atom is 0.238 e. The van der Waals surface area contributed by atoms with Gasteiger partial charge in [0, 0.05) is 17.4 Å². The summed E-state index contributed by atoms with van der Waals surface area (Å²) in [5.41, 5.74) is 4.80. The van der Waals surface area contributed by atoms with Crippen LogP contribution in [-0.2, 0) is 15.0 Å². The largest absolute Gasteiger partial charge is 0.454 e. The number of fused-ring (bicyclic) bond motifs is 1. The molecule has 5 nitrogen and oxygen atoms in total. The molecule has 32 heavy (non-hydrogen) atoms. The number of anilines is 1. The smallest absolute Gasteiger partial charge is 0.238 e. The second-order valence-corrected chi connectivity index (χ2v) is 9.03. The summed E-state index contributed by atoms with van der Waals surface area (Å²) >= 11 is 0. The zero-order chi connectivity index (χ0) is 21.6. The normalized spacial score (nSPS) is 28.5. The molecule has 5 aliphatic rings. The van der Waals surface area contributed by atoms with Crippen molar-refractivity contribution in [3.8, 4) is 11.5 Å². The molecule has 3 aromatic carbocycles. The molecule has 0 spiro atoms. The Morgan fingerprint density at radius 1 is 0.875 bits per heavy atom. The molecule has 8 rings (SSSR count). The fraction of sp³-hybridized carbons (Fsp3) is 0.259. The van der Waals surface area contributed by atoms with Crippen LogP contribution in [-0.4, -0.2) is 18.6 Å².